The first-order valence-corrected chi connectivity index (χ1v) is 12.3. The summed E-state index contributed by atoms with van der Waals surface area (Å²) >= 11 is 1.52. The standard InChI is InChI=1S/C24H20N2O3S2/c1-17-15-26(16-19-8-10-21(11-9-19)31(2,28)29)24(27)22-13-20(30-23(17)22)7-3-5-18-6-4-12-25-14-18/h4,6,8-15H,5,16H2,1-2H3. The third-order valence-electron chi connectivity index (χ3n) is 4.86. The van der Waals surface area contributed by atoms with Gasteiger partial charge in [0.25, 0.3) is 5.56 Å². The van der Waals surface area contributed by atoms with Gasteiger partial charge in [0.2, 0.25) is 0 Å². The number of hydrogen-bond donors (Lipinski definition) is 0. The van der Waals surface area contributed by atoms with Crippen molar-refractivity contribution in [3.63, 3.8) is 0 Å². The Hall–Kier alpha value is -3.21. The summed E-state index contributed by atoms with van der Waals surface area (Å²) in [5, 5.41) is 0.656. The highest BCUT2D eigenvalue weighted by atomic mass is 32.2. The maximum Gasteiger partial charge on any atom is 0.259 e. The van der Waals surface area contributed by atoms with Crippen molar-refractivity contribution in [1.29, 1.82) is 0 Å². The maximum atomic E-state index is 13.0. The normalized spacial score (nSPS) is 11.3. The lowest BCUT2D eigenvalue weighted by Gasteiger charge is -2.08. The Morgan fingerprint density at radius 1 is 1.13 bits per heavy atom. The molecule has 0 amide bonds. The Labute approximate surface area is 184 Å². The number of benzene rings is 1. The van der Waals surface area contributed by atoms with E-state index in [2.05, 4.69) is 16.8 Å². The van der Waals surface area contributed by atoms with E-state index in [0.29, 0.717) is 18.4 Å². The fourth-order valence-corrected chi connectivity index (χ4v) is 4.92. The van der Waals surface area contributed by atoms with Crippen LogP contribution >= 0.6 is 11.3 Å². The van der Waals surface area contributed by atoms with Crippen LogP contribution in [-0.4, -0.2) is 24.2 Å². The van der Waals surface area contributed by atoms with Crippen molar-refractivity contribution in [3.05, 3.63) is 93.0 Å². The molecule has 7 heteroatoms. The van der Waals surface area contributed by atoms with E-state index in [-0.39, 0.29) is 10.5 Å². The summed E-state index contributed by atoms with van der Waals surface area (Å²) in [6.45, 7) is 2.35. The predicted molar refractivity (Wildman–Crippen MR) is 124 cm³/mol. The predicted octanol–water partition coefficient (Wildman–Crippen LogP) is 3.81. The largest absolute Gasteiger partial charge is 0.310 e. The average Bonchev–Trinajstić information content (AvgIpc) is 3.17. The van der Waals surface area contributed by atoms with E-state index in [9.17, 15) is 13.2 Å². The van der Waals surface area contributed by atoms with E-state index in [1.165, 1.54) is 17.6 Å². The molecule has 0 aliphatic carbocycles. The lowest BCUT2D eigenvalue weighted by atomic mass is 10.2. The van der Waals surface area contributed by atoms with Gasteiger partial charge in [0.15, 0.2) is 9.84 Å². The van der Waals surface area contributed by atoms with Crippen LogP contribution in [0.25, 0.3) is 10.1 Å². The number of fused-ring (bicyclic) bond motifs is 1. The Morgan fingerprint density at radius 3 is 2.58 bits per heavy atom. The first-order chi connectivity index (χ1) is 14.8. The summed E-state index contributed by atoms with van der Waals surface area (Å²) in [7, 11) is -3.24. The van der Waals surface area contributed by atoms with Crippen LogP contribution in [-0.2, 0) is 22.8 Å². The molecule has 4 rings (SSSR count). The van der Waals surface area contributed by atoms with Crippen molar-refractivity contribution in [2.75, 3.05) is 6.26 Å². The molecule has 0 atom stereocenters. The number of aromatic nitrogens is 2. The van der Waals surface area contributed by atoms with Crippen LogP contribution in [0.4, 0.5) is 0 Å². The Bertz CT molecular complexity index is 1470. The smallest absolute Gasteiger partial charge is 0.259 e. The van der Waals surface area contributed by atoms with Crippen LogP contribution in [0, 0.1) is 18.8 Å². The topological polar surface area (TPSA) is 69.0 Å². The molecule has 0 saturated heterocycles. The fourth-order valence-electron chi connectivity index (χ4n) is 3.30. The van der Waals surface area contributed by atoms with Crippen molar-refractivity contribution in [2.45, 2.75) is 24.8 Å². The molecule has 0 saturated carbocycles. The number of nitrogens with zero attached hydrogens (tertiary/aromatic N) is 2. The molecule has 0 fully saturated rings. The van der Waals surface area contributed by atoms with E-state index in [1.807, 2.05) is 31.3 Å². The molecule has 31 heavy (non-hydrogen) atoms. The van der Waals surface area contributed by atoms with Gasteiger partial charge in [-0.05, 0) is 47.9 Å². The third kappa shape index (κ3) is 4.76. The van der Waals surface area contributed by atoms with Gasteiger partial charge >= 0.3 is 0 Å². The van der Waals surface area contributed by atoms with Gasteiger partial charge in [-0.2, -0.15) is 0 Å². The Balaban J connectivity index is 1.62. The van der Waals surface area contributed by atoms with Gasteiger partial charge in [-0.3, -0.25) is 9.78 Å². The number of thiophene rings is 1. The first-order valence-electron chi connectivity index (χ1n) is 9.61. The summed E-state index contributed by atoms with van der Waals surface area (Å²) in [6.07, 6.45) is 7.16. The Morgan fingerprint density at radius 2 is 1.90 bits per heavy atom. The molecule has 0 N–H and O–H groups in total. The second kappa shape index (κ2) is 8.50. The van der Waals surface area contributed by atoms with E-state index in [0.717, 1.165) is 26.3 Å². The first kappa shape index (κ1) is 21.0. The van der Waals surface area contributed by atoms with Crippen LogP contribution in [0.1, 0.15) is 21.6 Å². The van der Waals surface area contributed by atoms with Gasteiger partial charge in [0.1, 0.15) is 0 Å². The number of hydrogen-bond acceptors (Lipinski definition) is 5. The molecule has 5 nitrogen and oxygen atoms in total. The number of sulfone groups is 1. The summed E-state index contributed by atoms with van der Waals surface area (Å²) in [6, 6.07) is 12.4. The van der Waals surface area contributed by atoms with Crippen molar-refractivity contribution in [2.24, 2.45) is 0 Å². The maximum absolute atomic E-state index is 13.0. The summed E-state index contributed by atoms with van der Waals surface area (Å²) in [5.74, 6) is 6.31. The number of aryl methyl sites for hydroxylation is 1. The highest BCUT2D eigenvalue weighted by Gasteiger charge is 2.11. The zero-order chi connectivity index (χ0) is 22.0. The van der Waals surface area contributed by atoms with Gasteiger partial charge in [-0.25, -0.2) is 8.42 Å². The van der Waals surface area contributed by atoms with Crippen molar-refractivity contribution >= 4 is 31.3 Å². The monoisotopic (exact) mass is 448 g/mol. The molecule has 0 bridgehead atoms. The molecule has 3 heterocycles. The molecule has 156 valence electrons. The van der Waals surface area contributed by atoms with Crippen molar-refractivity contribution in [3.8, 4) is 11.8 Å². The molecular weight excluding hydrogens is 428 g/mol. The molecule has 3 aromatic heterocycles. The highest BCUT2D eigenvalue weighted by Crippen LogP contribution is 2.26. The molecule has 0 aliphatic rings. The summed E-state index contributed by atoms with van der Waals surface area (Å²) < 4.78 is 25.9. The van der Waals surface area contributed by atoms with Gasteiger partial charge in [-0.1, -0.05) is 30.0 Å². The van der Waals surface area contributed by atoms with Crippen LogP contribution in [0.15, 0.2) is 70.7 Å². The quantitative estimate of drug-likeness (QED) is 0.445. The van der Waals surface area contributed by atoms with Crippen LogP contribution in [0.2, 0.25) is 0 Å². The van der Waals surface area contributed by atoms with E-state index < -0.39 is 9.84 Å². The molecule has 0 unspecified atom stereocenters. The third-order valence-corrected chi connectivity index (χ3v) is 7.18. The van der Waals surface area contributed by atoms with E-state index in [4.69, 9.17) is 0 Å². The number of pyridine rings is 2. The Kier molecular flexibility index (Phi) is 5.77. The van der Waals surface area contributed by atoms with Gasteiger partial charge in [0, 0.05) is 36.0 Å². The summed E-state index contributed by atoms with van der Waals surface area (Å²) in [5.41, 5.74) is 2.84. The van der Waals surface area contributed by atoms with Crippen LogP contribution < -0.4 is 5.56 Å². The van der Waals surface area contributed by atoms with Crippen molar-refractivity contribution < 1.29 is 8.42 Å². The lowest BCUT2D eigenvalue weighted by molar-refractivity contribution is 0.602. The minimum absolute atomic E-state index is 0.0793. The second-order valence-electron chi connectivity index (χ2n) is 7.35. The highest BCUT2D eigenvalue weighted by molar-refractivity contribution is 7.90. The molecule has 0 radical (unpaired) electrons. The second-order valence-corrected chi connectivity index (χ2v) is 10.4. The zero-order valence-corrected chi connectivity index (χ0v) is 18.8. The minimum atomic E-state index is -3.24. The van der Waals surface area contributed by atoms with E-state index >= 15 is 0 Å². The SMILES string of the molecule is Cc1cn(Cc2ccc(S(C)(=O)=O)cc2)c(=O)c2cc(C#CCc3cccnc3)sc12. The number of rotatable bonds is 4. The molecular formula is C24H20N2O3S2. The van der Waals surface area contributed by atoms with Crippen molar-refractivity contribution in [1.82, 2.24) is 9.55 Å². The minimum Gasteiger partial charge on any atom is -0.310 e. The average molecular weight is 449 g/mol. The molecule has 0 aliphatic heterocycles. The molecule has 4 aromatic rings. The summed E-state index contributed by atoms with van der Waals surface area (Å²) in [4.78, 5) is 18.2. The van der Waals surface area contributed by atoms with E-state index in [1.54, 1.807) is 41.2 Å². The van der Waals surface area contributed by atoms with Gasteiger partial charge in [0.05, 0.1) is 21.7 Å². The lowest BCUT2D eigenvalue weighted by Crippen LogP contribution is -2.20. The van der Waals surface area contributed by atoms with Crippen LogP contribution in [0.5, 0.6) is 0 Å². The molecule has 1 aromatic carbocycles. The zero-order valence-electron chi connectivity index (χ0n) is 17.1. The van der Waals surface area contributed by atoms with Gasteiger partial charge in [-0.15, -0.1) is 11.3 Å². The van der Waals surface area contributed by atoms with Gasteiger partial charge < -0.3 is 4.57 Å². The molecule has 0 spiro atoms. The fraction of sp³-hybridized carbons (Fsp3) is 0.167. The van der Waals surface area contributed by atoms with Crippen LogP contribution in [0.3, 0.4) is 0 Å².